The Morgan fingerprint density at radius 1 is 1.00 bits per heavy atom. The lowest BCUT2D eigenvalue weighted by atomic mass is 10.1. The zero-order chi connectivity index (χ0) is 7.84. The van der Waals surface area contributed by atoms with E-state index >= 15 is 0 Å². The van der Waals surface area contributed by atoms with E-state index in [1.165, 1.54) is 0 Å². The van der Waals surface area contributed by atoms with Gasteiger partial charge in [-0.2, -0.15) is 8.78 Å². The first-order valence-electron chi connectivity index (χ1n) is 3.57. The van der Waals surface area contributed by atoms with Crippen LogP contribution in [0.15, 0.2) is 24.3 Å². The van der Waals surface area contributed by atoms with Gasteiger partial charge >= 0.3 is 6.61 Å². The first kappa shape index (κ1) is 6.98. The highest BCUT2D eigenvalue weighted by Crippen LogP contribution is 2.36. The van der Waals surface area contributed by atoms with Crippen molar-refractivity contribution in [2.45, 2.75) is 12.7 Å². The quantitative estimate of drug-likeness (QED) is 0.558. The zero-order valence-electron chi connectivity index (χ0n) is 5.78. The molecule has 0 heterocycles. The van der Waals surface area contributed by atoms with Crippen LogP contribution < -0.4 is 0 Å². The van der Waals surface area contributed by atoms with Crippen molar-refractivity contribution in [2.24, 2.45) is 11.8 Å². The van der Waals surface area contributed by atoms with Gasteiger partial charge in [-0.25, -0.2) is 0 Å². The second-order valence-electron chi connectivity index (χ2n) is 2.79. The SMILES string of the molecule is FC(F)OC1C2C=CC1C=C2. The lowest BCUT2D eigenvalue weighted by Crippen LogP contribution is -2.22. The second-order valence-corrected chi connectivity index (χ2v) is 2.79. The summed E-state index contributed by atoms with van der Waals surface area (Å²) in [6.07, 6.45) is 7.32. The molecule has 0 aromatic heterocycles. The van der Waals surface area contributed by atoms with Gasteiger partial charge < -0.3 is 4.74 Å². The van der Waals surface area contributed by atoms with Crippen molar-refractivity contribution >= 4 is 0 Å². The predicted octanol–water partition coefficient (Wildman–Crippen LogP) is 1.97. The van der Waals surface area contributed by atoms with Gasteiger partial charge in [0.15, 0.2) is 0 Å². The molecule has 2 bridgehead atoms. The van der Waals surface area contributed by atoms with Gasteiger partial charge in [0, 0.05) is 11.8 Å². The molecule has 0 atom stereocenters. The molecule has 2 rings (SSSR count). The highest BCUT2D eigenvalue weighted by atomic mass is 19.3. The molecule has 0 aromatic rings. The van der Waals surface area contributed by atoms with Crippen molar-refractivity contribution in [1.29, 1.82) is 0 Å². The predicted molar refractivity (Wildman–Crippen MR) is 36.1 cm³/mol. The fraction of sp³-hybridized carbons (Fsp3) is 0.500. The summed E-state index contributed by atoms with van der Waals surface area (Å²) in [5, 5.41) is 0. The van der Waals surface area contributed by atoms with E-state index in [0.29, 0.717) is 0 Å². The van der Waals surface area contributed by atoms with Crippen LogP contribution in [0.3, 0.4) is 0 Å². The van der Waals surface area contributed by atoms with Crippen LogP contribution in [0.25, 0.3) is 0 Å². The molecule has 2 aliphatic rings. The van der Waals surface area contributed by atoms with Gasteiger partial charge in [0.25, 0.3) is 0 Å². The molecule has 1 nitrogen and oxygen atoms in total. The van der Waals surface area contributed by atoms with Crippen LogP contribution in [0.5, 0.6) is 0 Å². The van der Waals surface area contributed by atoms with Crippen molar-refractivity contribution in [3.63, 3.8) is 0 Å². The van der Waals surface area contributed by atoms with E-state index in [1.54, 1.807) is 0 Å². The first-order valence-corrected chi connectivity index (χ1v) is 3.57. The average molecular weight is 158 g/mol. The summed E-state index contributed by atoms with van der Waals surface area (Å²) >= 11 is 0. The third-order valence-electron chi connectivity index (χ3n) is 2.13. The molecule has 0 unspecified atom stereocenters. The minimum atomic E-state index is -2.65. The van der Waals surface area contributed by atoms with Gasteiger partial charge in [0.1, 0.15) is 0 Å². The molecule has 0 radical (unpaired) electrons. The number of ether oxygens (including phenoxy) is 1. The third-order valence-corrected chi connectivity index (χ3v) is 2.13. The summed E-state index contributed by atoms with van der Waals surface area (Å²) in [4.78, 5) is 0. The van der Waals surface area contributed by atoms with Gasteiger partial charge in [-0.3, -0.25) is 0 Å². The summed E-state index contributed by atoms with van der Waals surface area (Å²) < 4.78 is 28.0. The lowest BCUT2D eigenvalue weighted by molar-refractivity contribution is -0.169. The second kappa shape index (κ2) is 2.41. The van der Waals surface area contributed by atoms with E-state index in [9.17, 15) is 8.78 Å². The standard InChI is InChI=1S/C8H8F2O/c9-8(10)11-7-5-1-2-6(7)4-3-5/h1-8H. The van der Waals surface area contributed by atoms with Crippen LogP contribution in [0.2, 0.25) is 0 Å². The van der Waals surface area contributed by atoms with Crippen molar-refractivity contribution in [3.8, 4) is 0 Å². The van der Waals surface area contributed by atoms with Gasteiger partial charge in [-0.15, -0.1) is 0 Å². The number of rotatable bonds is 2. The van der Waals surface area contributed by atoms with E-state index in [1.807, 2.05) is 24.3 Å². The van der Waals surface area contributed by atoms with Crippen LogP contribution in [0, 0.1) is 11.8 Å². The molecule has 60 valence electrons. The van der Waals surface area contributed by atoms with Gasteiger partial charge in [0.05, 0.1) is 6.10 Å². The Labute approximate surface area is 63.3 Å². The summed E-state index contributed by atoms with van der Waals surface area (Å²) in [6.45, 7) is -2.65. The topological polar surface area (TPSA) is 9.23 Å². The Balaban J connectivity index is 2.00. The molecule has 0 N–H and O–H groups in total. The Morgan fingerprint density at radius 3 is 1.82 bits per heavy atom. The monoisotopic (exact) mass is 158 g/mol. The summed E-state index contributed by atoms with van der Waals surface area (Å²) in [6, 6.07) is 0. The average Bonchev–Trinajstić information content (AvgIpc) is 2.48. The maximum absolute atomic E-state index is 11.8. The molecule has 11 heavy (non-hydrogen) atoms. The van der Waals surface area contributed by atoms with Crippen LogP contribution in [0.4, 0.5) is 8.78 Å². The fourth-order valence-electron chi connectivity index (χ4n) is 1.64. The molecule has 0 aromatic carbocycles. The highest BCUT2D eigenvalue weighted by Gasteiger charge is 2.35. The Hall–Kier alpha value is -0.700. The Bertz CT molecular complexity index is 180. The number of alkyl halides is 2. The first-order chi connectivity index (χ1) is 5.27. The minimum Gasteiger partial charge on any atom is -0.318 e. The molecule has 0 aliphatic heterocycles. The molecule has 0 amide bonds. The van der Waals surface area contributed by atoms with Gasteiger partial charge in [-0.05, 0) is 0 Å². The normalized spacial score (nSPS) is 39.4. The van der Waals surface area contributed by atoms with Crippen LogP contribution >= 0.6 is 0 Å². The van der Waals surface area contributed by atoms with Crippen molar-refractivity contribution in [1.82, 2.24) is 0 Å². The summed E-state index contributed by atoms with van der Waals surface area (Å²) in [7, 11) is 0. The highest BCUT2D eigenvalue weighted by molar-refractivity contribution is 5.26. The smallest absolute Gasteiger partial charge is 0.318 e. The molecular formula is C8H8F2O. The number of hydrogen-bond acceptors (Lipinski definition) is 1. The van der Waals surface area contributed by atoms with Crippen molar-refractivity contribution in [2.75, 3.05) is 0 Å². The molecule has 3 heteroatoms. The van der Waals surface area contributed by atoms with E-state index in [0.717, 1.165) is 0 Å². The number of fused-ring (bicyclic) bond motifs is 2. The van der Waals surface area contributed by atoms with Crippen LogP contribution in [0.1, 0.15) is 0 Å². The molecule has 2 aliphatic carbocycles. The lowest BCUT2D eigenvalue weighted by Gasteiger charge is -2.15. The number of halogens is 2. The minimum absolute atomic E-state index is 0.0778. The molecule has 0 saturated heterocycles. The third kappa shape index (κ3) is 1.09. The van der Waals surface area contributed by atoms with E-state index in [2.05, 4.69) is 4.74 Å². The zero-order valence-corrected chi connectivity index (χ0v) is 5.78. The van der Waals surface area contributed by atoms with Crippen molar-refractivity contribution in [3.05, 3.63) is 24.3 Å². The summed E-state index contributed by atoms with van der Waals surface area (Å²) in [5.41, 5.74) is 0. The fourth-order valence-corrected chi connectivity index (χ4v) is 1.64. The van der Waals surface area contributed by atoms with Gasteiger partial charge in [0.2, 0.25) is 0 Å². The molecule has 0 fully saturated rings. The van der Waals surface area contributed by atoms with Crippen LogP contribution in [-0.4, -0.2) is 12.7 Å². The van der Waals surface area contributed by atoms with E-state index in [-0.39, 0.29) is 17.9 Å². The molecule has 0 saturated carbocycles. The van der Waals surface area contributed by atoms with E-state index < -0.39 is 6.61 Å². The van der Waals surface area contributed by atoms with Crippen LogP contribution in [-0.2, 0) is 4.74 Å². The van der Waals surface area contributed by atoms with E-state index in [4.69, 9.17) is 0 Å². The number of hydrogen-bond donors (Lipinski definition) is 0. The molecular weight excluding hydrogens is 150 g/mol. The Kier molecular flexibility index (Phi) is 1.53. The van der Waals surface area contributed by atoms with Gasteiger partial charge in [-0.1, -0.05) is 24.3 Å². The van der Waals surface area contributed by atoms with Crippen molar-refractivity contribution < 1.29 is 13.5 Å². The molecule has 0 spiro atoms. The Morgan fingerprint density at radius 2 is 1.45 bits per heavy atom. The summed E-state index contributed by atoms with van der Waals surface area (Å²) in [5.74, 6) is 0.156. The maximum Gasteiger partial charge on any atom is 0.345 e. The maximum atomic E-state index is 11.8. The largest absolute Gasteiger partial charge is 0.345 e.